The molecule has 1 aliphatic rings. The van der Waals surface area contributed by atoms with E-state index in [1.165, 1.54) is 13.4 Å². The Morgan fingerprint density at radius 3 is 2.59 bits per heavy atom. The number of hydrogen-bond acceptors (Lipinski definition) is 5. The average Bonchev–Trinajstić information content (AvgIpc) is 2.88. The van der Waals surface area contributed by atoms with Crippen LogP contribution in [0.2, 0.25) is 5.02 Å². The lowest BCUT2D eigenvalue weighted by Gasteiger charge is -2.31. The summed E-state index contributed by atoms with van der Waals surface area (Å²) in [5.74, 6) is 0.347. The molecule has 0 saturated heterocycles. The van der Waals surface area contributed by atoms with Gasteiger partial charge in [0, 0.05) is 11.4 Å². The molecule has 5 rings (SSSR count). The summed E-state index contributed by atoms with van der Waals surface area (Å²) < 4.78 is 17.1. The zero-order valence-corrected chi connectivity index (χ0v) is 19.3. The molecule has 172 valence electrons. The standard InChI is InChI=1S/C27H22ClNO5/c1-32-27(31)23(13-17-5-3-2-4-6-17)29-14-21-24(34-16-29)12-11-20-25(30)22(15-33-26(20)21)18-7-9-19(28)10-8-18/h2-12,15,23H,13-14,16H2,1H3/p+1/t23-/m0/s1. The summed E-state index contributed by atoms with van der Waals surface area (Å²) in [6.45, 7) is 0.765. The number of esters is 1. The molecule has 6 nitrogen and oxygen atoms in total. The van der Waals surface area contributed by atoms with Gasteiger partial charge < -0.3 is 13.9 Å². The normalized spacial score (nSPS) is 15.9. The second-order valence-corrected chi connectivity index (χ2v) is 8.73. The summed E-state index contributed by atoms with van der Waals surface area (Å²) in [4.78, 5) is 26.9. The van der Waals surface area contributed by atoms with Crippen LogP contribution >= 0.6 is 11.6 Å². The Hall–Kier alpha value is -3.61. The lowest BCUT2D eigenvalue weighted by molar-refractivity contribution is -0.948. The summed E-state index contributed by atoms with van der Waals surface area (Å²) >= 11 is 5.99. The van der Waals surface area contributed by atoms with Crippen LogP contribution in [0.3, 0.4) is 0 Å². The summed E-state index contributed by atoms with van der Waals surface area (Å²) in [6.07, 6.45) is 1.99. The maximum Gasteiger partial charge on any atom is 0.365 e. The predicted molar refractivity (Wildman–Crippen MR) is 129 cm³/mol. The molecule has 1 aliphatic heterocycles. The molecule has 2 heterocycles. The zero-order valence-electron chi connectivity index (χ0n) is 18.5. The smallest absolute Gasteiger partial charge is 0.365 e. The van der Waals surface area contributed by atoms with Gasteiger partial charge >= 0.3 is 5.97 Å². The van der Waals surface area contributed by atoms with Crippen molar-refractivity contribution in [3.8, 4) is 16.9 Å². The Morgan fingerprint density at radius 1 is 1.09 bits per heavy atom. The van der Waals surface area contributed by atoms with Gasteiger partial charge in [-0.1, -0.05) is 54.1 Å². The van der Waals surface area contributed by atoms with E-state index in [1.54, 1.807) is 36.4 Å². The summed E-state index contributed by atoms with van der Waals surface area (Å²) in [5.41, 5.74) is 3.33. The number of methoxy groups -OCH3 is 1. The van der Waals surface area contributed by atoms with Gasteiger partial charge in [-0.05, 0) is 35.4 Å². The maximum absolute atomic E-state index is 13.3. The van der Waals surface area contributed by atoms with Crippen molar-refractivity contribution in [2.75, 3.05) is 13.8 Å². The van der Waals surface area contributed by atoms with Crippen molar-refractivity contribution < 1.29 is 23.6 Å². The van der Waals surface area contributed by atoms with Crippen LogP contribution in [0.15, 0.2) is 82.2 Å². The number of benzene rings is 3. The highest BCUT2D eigenvalue weighted by molar-refractivity contribution is 6.30. The van der Waals surface area contributed by atoms with Crippen LogP contribution in [0.5, 0.6) is 5.75 Å². The van der Waals surface area contributed by atoms with Gasteiger partial charge in [-0.25, -0.2) is 4.79 Å². The Morgan fingerprint density at radius 2 is 1.85 bits per heavy atom. The lowest BCUT2D eigenvalue weighted by Crippen LogP contribution is -3.17. The van der Waals surface area contributed by atoms with E-state index in [0.29, 0.717) is 47.0 Å². The molecule has 4 aromatic rings. The van der Waals surface area contributed by atoms with Gasteiger partial charge in [0.15, 0.2) is 6.04 Å². The number of rotatable bonds is 5. The molecule has 1 unspecified atom stereocenters. The van der Waals surface area contributed by atoms with Gasteiger partial charge in [0.2, 0.25) is 12.2 Å². The van der Waals surface area contributed by atoms with Gasteiger partial charge in [0.05, 0.1) is 23.6 Å². The SMILES string of the molecule is COC(=O)[C@H](Cc1ccccc1)[NH+]1COc2ccc3c(=O)c(-c4ccc(Cl)cc4)coc3c2C1. The molecule has 0 fully saturated rings. The van der Waals surface area contributed by atoms with Crippen LogP contribution in [0.25, 0.3) is 22.1 Å². The Labute approximate surface area is 201 Å². The number of quaternary nitrogens is 1. The molecule has 0 amide bonds. The predicted octanol–water partition coefficient (Wildman–Crippen LogP) is 3.63. The summed E-state index contributed by atoms with van der Waals surface area (Å²) in [5, 5.41) is 1.06. The van der Waals surface area contributed by atoms with E-state index in [2.05, 4.69) is 0 Å². The highest BCUT2D eigenvalue weighted by Gasteiger charge is 2.36. The molecular formula is C27H23ClNO5+. The van der Waals surface area contributed by atoms with Crippen molar-refractivity contribution in [1.82, 2.24) is 0 Å². The molecule has 0 saturated carbocycles. The number of nitrogens with one attached hydrogen (secondary N) is 1. The van der Waals surface area contributed by atoms with Crippen LogP contribution in [-0.2, 0) is 22.5 Å². The largest absolute Gasteiger partial charge is 0.465 e. The third kappa shape index (κ3) is 4.18. The molecule has 1 aromatic heterocycles. The minimum Gasteiger partial charge on any atom is -0.465 e. The van der Waals surface area contributed by atoms with Gasteiger partial charge in [-0.2, -0.15) is 0 Å². The van der Waals surface area contributed by atoms with Gasteiger partial charge in [-0.15, -0.1) is 0 Å². The van der Waals surface area contributed by atoms with Crippen molar-refractivity contribution in [2.45, 2.75) is 19.0 Å². The molecule has 1 N–H and O–H groups in total. The molecule has 0 radical (unpaired) electrons. The van der Waals surface area contributed by atoms with E-state index < -0.39 is 6.04 Å². The number of hydrogen-bond donors (Lipinski definition) is 1. The lowest BCUT2D eigenvalue weighted by atomic mass is 10.0. The first kappa shape index (κ1) is 22.2. The molecule has 2 atom stereocenters. The monoisotopic (exact) mass is 476 g/mol. The van der Waals surface area contributed by atoms with E-state index in [0.717, 1.165) is 21.6 Å². The van der Waals surface area contributed by atoms with Crippen molar-refractivity contribution in [2.24, 2.45) is 0 Å². The number of ether oxygens (including phenoxy) is 2. The third-order valence-corrected chi connectivity index (χ3v) is 6.49. The van der Waals surface area contributed by atoms with Crippen molar-refractivity contribution >= 4 is 28.5 Å². The second kappa shape index (κ2) is 9.33. The van der Waals surface area contributed by atoms with Gasteiger partial charge in [0.25, 0.3) is 0 Å². The average molecular weight is 477 g/mol. The highest BCUT2D eigenvalue weighted by Crippen LogP contribution is 2.30. The number of carbonyl (C=O) groups excluding carboxylic acids is 1. The van der Waals surface area contributed by atoms with Crippen LogP contribution in [0.1, 0.15) is 11.1 Å². The van der Waals surface area contributed by atoms with Crippen LogP contribution in [-0.4, -0.2) is 25.9 Å². The van der Waals surface area contributed by atoms with Crippen LogP contribution < -0.4 is 15.1 Å². The van der Waals surface area contributed by atoms with Gasteiger partial charge in [0.1, 0.15) is 24.1 Å². The first-order chi connectivity index (χ1) is 16.5. The Bertz CT molecular complexity index is 1400. The topological polar surface area (TPSA) is 70.2 Å². The molecule has 3 aromatic carbocycles. The zero-order chi connectivity index (χ0) is 23.7. The van der Waals surface area contributed by atoms with Crippen LogP contribution in [0, 0.1) is 0 Å². The molecule has 0 bridgehead atoms. The fraction of sp³-hybridized carbons (Fsp3) is 0.185. The molecule has 0 spiro atoms. The van der Waals surface area contributed by atoms with Gasteiger partial charge in [-0.3, -0.25) is 9.69 Å². The first-order valence-corrected chi connectivity index (χ1v) is 11.4. The molecule has 7 heteroatoms. The fourth-order valence-corrected chi connectivity index (χ4v) is 4.56. The minimum atomic E-state index is -0.462. The summed E-state index contributed by atoms with van der Waals surface area (Å²) in [7, 11) is 1.39. The number of fused-ring (bicyclic) bond motifs is 3. The minimum absolute atomic E-state index is 0.132. The fourth-order valence-electron chi connectivity index (χ4n) is 4.43. The van der Waals surface area contributed by atoms with E-state index >= 15 is 0 Å². The maximum atomic E-state index is 13.3. The van der Waals surface area contributed by atoms with Crippen LogP contribution in [0.4, 0.5) is 0 Å². The molecular weight excluding hydrogens is 454 g/mol. The Kier molecular flexibility index (Phi) is 6.09. The molecule has 34 heavy (non-hydrogen) atoms. The number of halogens is 1. The molecule has 0 aliphatic carbocycles. The second-order valence-electron chi connectivity index (χ2n) is 8.29. The quantitative estimate of drug-likeness (QED) is 0.445. The van der Waals surface area contributed by atoms with E-state index in [9.17, 15) is 9.59 Å². The number of carbonyl (C=O) groups is 1. The van der Waals surface area contributed by atoms with Crippen molar-refractivity contribution in [3.63, 3.8) is 0 Å². The third-order valence-electron chi connectivity index (χ3n) is 6.23. The Balaban J connectivity index is 1.52. The van der Waals surface area contributed by atoms with Crippen molar-refractivity contribution in [1.29, 1.82) is 0 Å². The van der Waals surface area contributed by atoms with E-state index in [4.69, 9.17) is 25.5 Å². The first-order valence-electron chi connectivity index (χ1n) is 11.0. The van der Waals surface area contributed by atoms with Crippen molar-refractivity contribution in [3.05, 3.63) is 99.4 Å². The van der Waals surface area contributed by atoms with E-state index in [-0.39, 0.29) is 11.4 Å². The van der Waals surface area contributed by atoms with E-state index in [1.807, 2.05) is 30.3 Å². The highest BCUT2D eigenvalue weighted by atomic mass is 35.5. The summed E-state index contributed by atoms with van der Waals surface area (Å²) in [6, 6.07) is 19.9.